The molecule has 12 heavy (non-hydrogen) atoms. The molecular weight excluding hydrogens is 154 g/mol. The van der Waals surface area contributed by atoms with Crippen LogP contribution in [0.5, 0.6) is 0 Å². The van der Waals surface area contributed by atoms with E-state index in [1.165, 1.54) is 0 Å². The van der Waals surface area contributed by atoms with Gasteiger partial charge in [0.15, 0.2) is 0 Å². The number of carbonyl (C=O) groups is 2. The normalized spacial score (nSPS) is 20.7. The minimum atomic E-state index is -0.353. The van der Waals surface area contributed by atoms with E-state index in [1.54, 1.807) is 0 Å². The fourth-order valence-corrected chi connectivity index (χ4v) is 0.898. The lowest BCUT2D eigenvalue weighted by Gasteiger charge is -2.26. The van der Waals surface area contributed by atoms with Gasteiger partial charge < -0.3 is 0 Å². The summed E-state index contributed by atoms with van der Waals surface area (Å²) < 4.78 is 0. The summed E-state index contributed by atoms with van der Waals surface area (Å²) in [4.78, 5) is 21.6. The van der Waals surface area contributed by atoms with E-state index in [1.807, 2.05) is 27.7 Å². The predicted molar refractivity (Wildman–Crippen MR) is 47.5 cm³/mol. The first-order chi connectivity index (χ1) is 5.52. The van der Waals surface area contributed by atoms with Crippen LogP contribution in [0.25, 0.3) is 0 Å². The Morgan fingerprint density at radius 3 is 2.08 bits per heavy atom. The van der Waals surface area contributed by atoms with E-state index in [0.717, 1.165) is 0 Å². The Kier molecular flexibility index (Phi) is 3.93. The molecule has 0 aromatic carbocycles. The van der Waals surface area contributed by atoms with Gasteiger partial charge in [-0.25, -0.2) is 0 Å². The highest BCUT2D eigenvalue weighted by molar-refractivity contribution is 6.00. The number of rotatable bonds is 0. The Morgan fingerprint density at radius 2 is 1.75 bits per heavy atom. The summed E-state index contributed by atoms with van der Waals surface area (Å²) >= 11 is 0. The number of nitrogens with one attached hydrogen (secondary N) is 1. The molecular formula is C9H17NO2. The first-order valence-corrected chi connectivity index (χ1v) is 4.37. The molecule has 3 heteroatoms. The summed E-state index contributed by atoms with van der Waals surface area (Å²) in [5, 5.41) is 2.29. The Hall–Kier alpha value is -0.860. The van der Waals surface area contributed by atoms with Gasteiger partial charge >= 0.3 is 0 Å². The van der Waals surface area contributed by atoms with E-state index >= 15 is 0 Å². The Labute approximate surface area is 73.5 Å². The van der Waals surface area contributed by atoms with E-state index in [2.05, 4.69) is 5.32 Å². The van der Waals surface area contributed by atoms with Crippen molar-refractivity contribution in [1.29, 1.82) is 0 Å². The molecule has 1 fully saturated rings. The highest BCUT2D eigenvalue weighted by Crippen LogP contribution is 2.25. The van der Waals surface area contributed by atoms with Gasteiger partial charge in [-0.15, -0.1) is 0 Å². The number of piperidine rings is 1. The molecule has 0 radical (unpaired) electrons. The van der Waals surface area contributed by atoms with Gasteiger partial charge in [-0.3, -0.25) is 14.9 Å². The van der Waals surface area contributed by atoms with Crippen molar-refractivity contribution in [3.63, 3.8) is 0 Å². The van der Waals surface area contributed by atoms with Gasteiger partial charge in [0.05, 0.1) is 0 Å². The van der Waals surface area contributed by atoms with Gasteiger partial charge in [0.2, 0.25) is 11.8 Å². The first-order valence-electron chi connectivity index (χ1n) is 4.37. The zero-order chi connectivity index (χ0) is 9.78. The third-order valence-electron chi connectivity index (χ3n) is 1.84. The highest BCUT2D eigenvalue weighted by Gasteiger charge is 2.33. The fourth-order valence-electron chi connectivity index (χ4n) is 0.898. The van der Waals surface area contributed by atoms with E-state index in [4.69, 9.17) is 0 Å². The fraction of sp³-hybridized carbons (Fsp3) is 0.778. The molecule has 0 atom stereocenters. The summed E-state index contributed by atoms with van der Waals surface area (Å²) in [6, 6.07) is 0. The third kappa shape index (κ3) is 2.64. The summed E-state index contributed by atoms with van der Waals surface area (Å²) in [5.74, 6) is -0.298. The molecule has 1 aliphatic rings. The number of imide groups is 1. The smallest absolute Gasteiger partial charge is 0.232 e. The molecule has 1 aliphatic heterocycles. The van der Waals surface area contributed by atoms with Gasteiger partial charge in [-0.2, -0.15) is 0 Å². The zero-order valence-corrected chi connectivity index (χ0v) is 8.23. The van der Waals surface area contributed by atoms with Gasteiger partial charge in [-0.1, -0.05) is 27.7 Å². The first kappa shape index (κ1) is 11.1. The second-order valence-electron chi connectivity index (χ2n) is 3.26. The van der Waals surface area contributed by atoms with Gasteiger partial charge in [0, 0.05) is 11.8 Å². The van der Waals surface area contributed by atoms with E-state index in [9.17, 15) is 9.59 Å². The van der Waals surface area contributed by atoms with Gasteiger partial charge in [-0.05, 0) is 6.42 Å². The highest BCUT2D eigenvalue weighted by atomic mass is 16.2. The second-order valence-corrected chi connectivity index (χ2v) is 3.26. The molecule has 0 unspecified atom stereocenters. The monoisotopic (exact) mass is 171 g/mol. The van der Waals surface area contributed by atoms with Crippen molar-refractivity contribution in [2.24, 2.45) is 5.41 Å². The molecule has 1 saturated heterocycles. The van der Waals surface area contributed by atoms with Crippen molar-refractivity contribution in [1.82, 2.24) is 5.32 Å². The molecule has 1 N–H and O–H groups in total. The number of amides is 2. The topological polar surface area (TPSA) is 46.2 Å². The molecule has 0 bridgehead atoms. The van der Waals surface area contributed by atoms with Crippen molar-refractivity contribution < 1.29 is 9.59 Å². The maximum atomic E-state index is 11.0. The summed E-state index contributed by atoms with van der Waals surface area (Å²) in [6.07, 6.45) is 1.14. The Balaban J connectivity index is 0.000000561. The van der Waals surface area contributed by atoms with Crippen molar-refractivity contribution in [2.75, 3.05) is 0 Å². The maximum absolute atomic E-state index is 11.0. The van der Waals surface area contributed by atoms with E-state index in [-0.39, 0.29) is 17.2 Å². The van der Waals surface area contributed by atoms with Gasteiger partial charge in [0.25, 0.3) is 0 Å². The minimum absolute atomic E-state index is 0.149. The molecule has 1 heterocycles. The van der Waals surface area contributed by atoms with E-state index in [0.29, 0.717) is 12.8 Å². The van der Waals surface area contributed by atoms with Crippen molar-refractivity contribution in [3.8, 4) is 0 Å². The summed E-state index contributed by atoms with van der Waals surface area (Å²) in [6.45, 7) is 7.68. The molecule has 3 nitrogen and oxygen atoms in total. The van der Waals surface area contributed by atoms with Crippen LogP contribution in [0.4, 0.5) is 0 Å². The molecule has 2 amide bonds. The third-order valence-corrected chi connectivity index (χ3v) is 1.84. The van der Waals surface area contributed by atoms with Crippen LogP contribution >= 0.6 is 0 Å². The molecule has 0 aromatic heterocycles. The van der Waals surface area contributed by atoms with Crippen LogP contribution in [-0.2, 0) is 9.59 Å². The SMILES string of the molecule is CC.CC1(C)CCC(=O)NC1=O. The number of hydrogen-bond donors (Lipinski definition) is 1. The molecule has 0 spiro atoms. The van der Waals surface area contributed by atoms with Crippen molar-refractivity contribution in [2.45, 2.75) is 40.5 Å². The van der Waals surface area contributed by atoms with Crippen LogP contribution in [0.15, 0.2) is 0 Å². The van der Waals surface area contributed by atoms with Crippen LogP contribution in [0.3, 0.4) is 0 Å². The predicted octanol–water partition coefficient (Wildman–Crippen LogP) is 1.48. The number of hydrogen-bond acceptors (Lipinski definition) is 2. The van der Waals surface area contributed by atoms with Crippen LogP contribution in [0.1, 0.15) is 40.5 Å². The molecule has 70 valence electrons. The zero-order valence-electron chi connectivity index (χ0n) is 8.23. The standard InChI is InChI=1S/C7H11NO2.C2H6/c1-7(2)4-3-5(9)8-6(7)10;1-2/h3-4H2,1-2H3,(H,8,9,10);1-2H3. The van der Waals surface area contributed by atoms with Crippen molar-refractivity contribution in [3.05, 3.63) is 0 Å². The van der Waals surface area contributed by atoms with Crippen LogP contribution in [0.2, 0.25) is 0 Å². The maximum Gasteiger partial charge on any atom is 0.232 e. The van der Waals surface area contributed by atoms with Crippen LogP contribution in [-0.4, -0.2) is 11.8 Å². The average Bonchev–Trinajstić information content (AvgIpc) is 2.03. The second kappa shape index (κ2) is 4.24. The summed E-state index contributed by atoms with van der Waals surface area (Å²) in [7, 11) is 0. The molecule has 0 aliphatic carbocycles. The lowest BCUT2D eigenvalue weighted by molar-refractivity contribution is -0.140. The van der Waals surface area contributed by atoms with Crippen LogP contribution < -0.4 is 5.32 Å². The summed E-state index contributed by atoms with van der Waals surface area (Å²) in [5.41, 5.74) is -0.353. The van der Waals surface area contributed by atoms with Crippen LogP contribution in [0, 0.1) is 5.41 Å². The minimum Gasteiger partial charge on any atom is -0.296 e. The quantitative estimate of drug-likeness (QED) is 0.561. The van der Waals surface area contributed by atoms with E-state index < -0.39 is 0 Å². The Morgan fingerprint density at radius 1 is 1.25 bits per heavy atom. The largest absolute Gasteiger partial charge is 0.296 e. The molecule has 0 saturated carbocycles. The Bertz CT molecular complexity index is 185. The lowest BCUT2D eigenvalue weighted by atomic mass is 9.84. The van der Waals surface area contributed by atoms with Gasteiger partial charge in [0.1, 0.15) is 0 Å². The molecule has 1 rings (SSSR count). The average molecular weight is 171 g/mol. The number of carbonyl (C=O) groups excluding carboxylic acids is 2. The van der Waals surface area contributed by atoms with Crippen molar-refractivity contribution >= 4 is 11.8 Å². The lowest BCUT2D eigenvalue weighted by Crippen LogP contribution is -2.45. The molecule has 0 aromatic rings.